The molecule has 0 aliphatic carbocycles. The predicted octanol–water partition coefficient (Wildman–Crippen LogP) is 2.85. The van der Waals surface area contributed by atoms with Crippen LogP contribution in [0.15, 0.2) is 18.2 Å². The van der Waals surface area contributed by atoms with Crippen molar-refractivity contribution in [3.63, 3.8) is 0 Å². The maximum atomic E-state index is 13.8. The van der Waals surface area contributed by atoms with Gasteiger partial charge in [-0.2, -0.15) is 0 Å². The SMILES string of the molecule is Fc1cc(Cl)cc([C@H](C2CCOCC2)N2CCNCC2)c1. The lowest BCUT2D eigenvalue weighted by Crippen LogP contribution is -2.47. The first kappa shape index (κ1) is 15.2. The van der Waals surface area contributed by atoms with Crippen molar-refractivity contribution in [1.82, 2.24) is 10.2 Å². The molecule has 2 aliphatic heterocycles. The van der Waals surface area contributed by atoms with E-state index in [9.17, 15) is 4.39 Å². The monoisotopic (exact) mass is 312 g/mol. The van der Waals surface area contributed by atoms with E-state index < -0.39 is 0 Å². The van der Waals surface area contributed by atoms with E-state index in [-0.39, 0.29) is 11.9 Å². The lowest BCUT2D eigenvalue weighted by molar-refractivity contribution is 0.0212. The number of hydrogen-bond donors (Lipinski definition) is 1. The van der Waals surface area contributed by atoms with E-state index in [2.05, 4.69) is 10.2 Å². The molecule has 0 bridgehead atoms. The molecule has 21 heavy (non-hydrogen) atoms. The minimum atomic E-state index is -0.246. The molecule has 0 amide bonds. The maximum absolute atomic E-state index is 13.8. The Kier molecular flexibility index (Phi) is 5.11. The van der Waals surface area contributed by atoms with Crippen LogP contribution >= 0.6 is 11.6 Å². The number of hydrogen-bond acceptors (Lipinski definition) is 3. The number of nitrogens with one attached hydrogen (secondary N) is 1. The summed E-state index contributed by atoms with van der Waals surface area (Å²) in [6, 6.07) is 5.19. The van der Waals surface area contributed by atoms with Crippen molar-refractivity contribution >= 4 is 11.6 Å². The highest BCUT2D eigenvalue weighted by Gasteiger charge is 2.31. The highest BCUT2D eigenvalue weighted by Crippen LogP contribution is 2.36. The Morgan fingerprint density at radius 3 is 2.57 bits per heavy atom. The second kappa shape index (κ2) is 7.05. The lowest BCUT2D eigenvalue weighted by Gasteiger charge is -2.41. The van der Waals surface area contributed by atoms with Gasteiger partial charge >= 0.3 is 0 Å². The molecule has 1 aromatic carbocycles. The van der Waals surface area contributed by atoms with Crippen molar-refractivity contribution in [2.45, 2.75) is 18.9 Å². The first-order chi connectivity index (χ1) is 10.2. The quantitative estimate of drug-likeness (QED) is 0.929. The molecule has 0 saturated carbocycles. The summed E-state index contributed by atoms with van der Waals surface area (Å²) >= 11 is 6.08. The Balaban J connectivity index is 1.89. The van der Waals surface area contributed by atoms with Crippen LogP contribution in [0, 0.1) is 11.7 Å². The van der Waals surface area contributed by atoms with Gasteiger partial charge in [-0.15, -0.1) is 0 Å². The van der Waals surface area contributed by atoms with Crippen LogP contribution in [0.2, 0.25) is 5.02 Å². The number of piperazine rings is 1. The van der Waals surface area contributed by atoms with Gasteiger partial charge in [-0.05, 0) is 42.5 Å². The second-order valence-corrected chi connectivity index (χ2v) is 6.32. The largest absolute Gasteiger partial charge is 0.381 e. The average molecular weight is 313 g/mol. The number of nitrogens with zero attached hydrogens (tertiary/aromatic N) is 1. The molecular formula is C16H22ClFN2O. The van der Waals surface area contributed by atoms with E-state index in [1.54, 1.807) is 6.07 Å². The minimum Gasteiger partial charge on any atom is -0.381 e. The smallest absolute Gasteiger partial charge is 0.125 e. The minimum absolute atomic E-state index is 0.240. The summed E-state index contributed by atoms with van der Waals surface area (Å²) in [6.07, 6.45) is 2.06. The van der Waals surface area contributed by atoms with E-state index in [0.717, 1.165) is 57.8 Å². The van der Waals surface area contributed by atoms with Crippen molar-refractivity contribution < 1.29 is 9.13 Å². The maximum Gasteiger partial charge on any atom is 0.125 e. The van der Waals surface area contributed by atoms with Gasteiger partial charge < -0.3 is 10.1 Å². The van der Waals surface area contributed by atoms with Gasteiger partial charge in [-0.1, -0.05) is 11.6 Å². The van der Waals surface area contributed by atoms with E-state index in [0.29, 0.717) is 10.9 Å². The summed E-state index contributed by atoms with van der Waals surface area (Å²) in [7, 11) is 0. The third kappa shape index (κ3) is 3.75. The fourth-order valence-corrected chi connectivity index (χ4v) is 3.75. The summed E-state index contributed by atoms with van der Waals surface area (Å²) in [4.78, 5) is 2.47. The van der Waals surface area contributed by atoms with Crippen LogP contribution in [0.1, 0.15) is 24.4 Å². The number of halogens is 2. The Morgan fingerprint density at radius 2 is 1.90 bits per heavy atom. The normalized spacial score (nSPS) is 23.1. The molecule has 1 N–H and O–H groups in total. The highest BCUT2D eigenvalue weighted by atomic mass is 35.5. The molecule has 0 spiro atoms. The first-order valence-electron chi connectivity index (χ1n) is 7.72. The molecule has 116 valence electrons. The van der Waals surface area contributed by atoms with Gasteiger partial charge in [-0.3, -0.25) is 4.90 Å². The zero-order valence-corrected chi connectivity index (χ0v) is 12.9. The van der Waals surface area contributed by atoms with Crippen LogP contribution in [0.4, 0.5) is 4.39 Å². The number of benzene rings is 1. The third-order valence-electron chi connectivity index (χ3n) is 4.48. The predicted molar refractivity (Wildman–Crippen MR) is 82.1 cm³/mol. The van der Waals surface area contributed by atoms with E-state index in [1.165, 1.54) is 6.07 Å². The second-order valence-electron chi connectivity index (χ2n) is 5.88. The van der Waals surface area contributed by atoms with E-state index in [4.69, 9.17) is 16.3 Å². The molecule has 3 rings (SSSR count). The van der Waals surface area contributed by atoms with Crippen LogP contribution in [-0.4, -0.2) is 44.3 Å². The Hall–Kier alpha value is -0.680. The van der Waals surface area contributed by atoms with E-state index >= 15 is 0 Å². The molecule has 2 heterocycles. The molecule has 3 nitrogen and oxygen atoms in total. The highest BCUT2D eigenvalue weighted by molar-refractivity contribution is 6.30. The fourth-order valence-electron chi connectivity index (χ4n) is 3.52. The molecule has 1 atom stereocenters. The molecule has 2 saturated heterocycles. The fraction of sp³-hybridized carbons (Fsp3) is 0.625. The summed E-state index contributed by atoms with van der Waals surface area (Å²) in [5.74, 6) is 0.263. The number of ether oxygens (including phenoxy) is 1. The lowest BCUT2D eigenvalue weighted by atomic mass is 9.85. The molecule has 5 heteroatoms. The van der Waals surface area contributed by atoms with Crippen LogP contribution in [0.3, 0.4) is 0 Å². The third-order valence-corrected chi connectivity index (χ3v) is 4.70. The van der Waals surface area contributed by atoms with Crippen molar-refractivity contribution in [3.8, 4) is 0 Å². The van der Waals surface area contributed by atoms with Gasteiger partial charge in [0.1, 0.15) is 5.82 Å². The Labute approximate surface area is 130 Å². The zero-order valence-electron chi connectivity index (χ0n) is 12.2. The van der Waals surface area contributed by atoms with Gasteiger partial charge in [0.25, 0.3) is 0 Å². The van der Waals surface area contributed by atoms with Crippen molar-refractivity contribution in [3.05, 3.63) is 34.6 Å². The summed E-state index contributed by atoms with van der Waals surface area (Å²) in [5.41, 5.74) is 1.01. The summed E-state index contributed by atoms with van der Waals surface area (Å²) < 4.78 is 19.3. The molecule has 0 aromatic heterocycles. The van der Waals surface area contributed by atoms with Crippen LogP contribution in [0.25, 0.3) is 0 Å². The van der Waals surface area contributed by atoms with Crippen LogP contribution in [0.5, 0.6) is 0 Å². The van der Waals surface area contributed by atoms with Crippen molar-refractivity contribution in [2.24, 2.45) is 5.92 Å². The van der Waals surface area contributed by atoms with Crippen molar-refractivity contribution in [1.29, 1.82) is 0 Å². The molecule has 1 aromatic rings. The van der Waals surface area contributed by atoms with E-state index in [1.807, 2.05) is 6.07 Å². The Bertz CT molecular complexity index is 435. The average Bonchev–Trinajstić information content (AvgIpc) is 2.49. The van der Waals surface area contributed by atoms with Gasteiger partial charge in [-0.25, -0.2) is 4.39 Å². The van der Waals surface area contributed by atoms with Gasteiger partial charge in [0, 0.05) is 50.5 Å². The first-order valence-corrected chi connectivity index (χ1v) is 8.10. The molecule has 0 radical (unpaired) electrons. The Morgan fingerprint density at radius 1 is 1.19 bits per heavy atom. The standard InChI is InChI=1S/C16H22ClFN2O/c17-14-9-13(10-15(18)11-14)16(12-1-7-21-8-2-12)20-5-3-19-4-6-20/h9-12,16,19H,1-8H2/t16-/m0/s1. The molecule has 0 unspecified atom stereocenters. The van der Waals surface area contributed by atoms with Crippen LogP contribution < -0.4 is 5.32 Å². The molecule has 2 aliphatic rings. The topological polar surface area (TPSA) is 24.5 Å². The summed E-state index contributed by atoms with van der Waals surface area (Å²) in [6.45, 7) is 5.57. The number of rotatable bonds is 3. The molecule has 2 fully saturated rings. The van der Waals surface area contributed by atoms with Gasteiger partial charge in [0.05, 0.1) is 0 Å². The van der Waals surface area contributed by atoms with Gasteiger partial charge in [0.15, 0.2) is 0 Å². The summed E-state index contributed by atoms with van der Waals surface area (Å²) in [5, 5.41) is 3.86. The zero-order chi connectivity index (χ0) is 14.7. The van der Waals surface area contributed by atoms with Gasteiger partial charge in [0.2, 0.25) is 0 Å². The van der Waals surface area contributed by atoms with Crippen molar-refractivity contribution in [2.75, 3.05) is 39.4 Å². The molecular weight excluding hydrogens is 291 g/mol. The van der Waals surface area contributed by atoms with Crippen LogP contribution in [-0.2, 0) is 4.74 Å².